The van der Waals surface area contributed by atoms with E-state index in [9.17, 15) is 0 Å². The molecule has 3 unspecified atom stereocenters. The van der Waals surface area contributed by atoms with E-state index in [1.807, 2.05) is 7.05 Å². The quantitative estimate of drug-likeness (QED) is 0.908. The molecule has 1 saturated carbocycles. The predicted molar refractivity (Wildman–Crippen MR) is 72.9 cm³/mol. The Morgan fingerprint density at radius 1 is 1.37 bits per heavy atom. The Balaban J connectivity index is 2.19. The molecule has 1 aromatic heterocycles. The van der Waals surface area contributed by atoms with Gasteiger partial charge >= 0.3 is 0 Å². The van der Waals surface area contributed by atoms with Gasteiger partial charge in [0.25, 0.3) is 0 Å². The van der Waals surface area contributed by atoms with Crippen molar-refractivity contribution in [3.63, 3.8) is 0 Å². The molecule has 108 valence electrons. The third kappa shape index (κ3) is 2.98. The van der Waals surface area contributed by atoms with Gasteiger partial charge in [-0.15, -0.1) is 0 Å². The van der Waals surface area contributed by atoms with Crippen molar-refractivity contribution in [2.24, 2.45) is 5.41 Å². The van der Waals surface area contributed by atoms with Gasteiger partial charge in [0, 0.05) is 13.2 Å². The van der Waals surface area contributed by atoms with Gasteiger partial charge in [-0.1, -0.05) is 32.3 Å². The van der Waals surface area contributed by atoms with Crippen LogP contribution in [-0.4, -0.2) is 30.3 Å². The maximum Gasteiger partial charge on any atom is 0.231 e. The van der Waals surface area contributed by atoms with E-state index in [0.717, 1.165) is 12.3 Å². The molecule has 5 heteroatoms. The van der Waals surface area contributed by atoms with Crippen molar-refractivity contribution < 1.29 is 9.26 Å². The summed E-state index contributed by atoms with van der Waals surface area (Å²) in [6.07, 6.45) is 3.35. The van der Waals surface area contributed by atoms with Crippen LogP contribution >= 0.6 is 0 Å². The van der Waals surface area contributed by atoms with Gasteiger partial charge in [-0.05, 0) is 25.3 Å². The molecule has 1 fully saturated rings. The van der Waals surface area contributed by atoms with E-state index in [2.05, 4.69) is 36.2 Å². The fourth-order valence-electron chi connectivity index (χ4n) is 2.95. The van der Waals surface area contributed by atoms with Crippen LogP contribution < -0.4 is 5.32 Å². The molecule has 1 aromatic rings. The van der Waals surface area contributed by atoms with Crippen molar-refractivity contribution in [2.75, 3.05) is 14.2 Å². The van der Waals surface area contributed by atoms with Crippen LogP contribution in [0.3, 0.4) is 0 Å². The lowest BCUT2D eigenvalue weighted by atomic mass is 9.88. The third-order valence-electron chi connectivity index (χ3n) is 3.92. The molecule has 19 heavy (non-hydrogen) atoms. The molecule has 0 amide bonds. The van der Waals surface area contributed by atoms with Gasteiger partial charge in [0.2, 0.25) is 11.7 Å². The van der Waals surface area contributed by atoms with Crippen LogP contribution in [0.2, 0.25) is 0 Å². The summed E-state index contributed by atoms with van der Waals surface area (Å²) in [5.41, 5.74) is -0.0476. The average molecular weight is 267 g/mol. The zero-order chi connectivity index (χ0) is 14.0. The van der Waals surface area contributed by atoms with Crippen LogP contribution in [0, 0.1) is 5.41 Å². The largest absolute Gasteiger partial charge is 0.373 e. The van der Waals surface area contributed by atoms with E-state index in [-0.39, 0.29) is 11.5 Å². The number of nitrogens with one attached hydrogen (secondary N) is 1. The van der Waals surface area contributed by atoms with Crippen molar-refractivity contribution in [3.05, 3.63) is 11.7 Å². The van der Waals surface area contributed by atoms with Crippen LogP contribution in [0.15, 0.2) is 4.52 Å². The van der Waals surface area contributed by atoms with Crippen molar-refractivity contribution in [3.8, 4) is 0 Å². The summed E-state index contributed by atoms with van der Waals surface area (Å²) in [4.78, 5) is 4.59. The molecule has 1 heterocycles. The van der Waals surface area contributed by atoms with Crippen LogP contribution in [0.5, 0.6) is 0 Å². The molecule has 0 bridgehead atoms. The predicted octanol–water partition coefficient (Wildman–Crippen LogP) is 2.66. The Labute approximate surface area is 115 Å². The van der Waals surface area contributed by atoms with Crippen LogP contribution in [-0.2, 0) is 4.74 Å². The van der Waals surface area contributed by atoms with E-state index in [1.165, 1.54) is 12.8 Å². The number of methoxy groups -OCH3 is 1. The molecule has 0 aliphatic heterocycles. The van der Waals surface area contributed by atoms with Crippen LogP contribution in [0.4, 0.5) is 0 Å². The highest BCUT2D eigenvalue weighted by molar-refractivity contribution is 5.05. The summed E-state index contributed by atoms with van der Waals surface area (Å²) >= 11 is 0. The lowest BCUT2D eigenvalue weighted by Crippen LogP contribution is -2.27. The SMILES string of the molecule is CNC1CCCC1c1nc(C(OC)C(C)(C)C)no1. The number of aromatic nitrogens is 2. The molecular formula is C14H25N3O2. The molecule has 0 radical (unpaired) electrons. The summed E-state index contributed by atoms with van der Waals surface area (Å²) in [6, 6.07) is 0.448. The summed E-state index contributed by atoms with van der Waals surface area (Å²) in [6.45, 7) is 6.34. The molecule has 1 N–H and O–H groups in total. The Bertz CT molecular complexity index is 411. The first-order valence-electron chi connectivity index (χ1n) is 7.01. The number of hydrogen-bond acceptors (Lipinski definition) is 5. The van der Waals surface area contributed by atoms with Gasteiger partial charge in [-0.25, -0.2) is 0 Å². The second-order valence-corrected chi connectivity index (χ2v) is 6.41. The fraction of sp³-hybridized carbons (Fsp3) is 0.857. The molecule has 3 atom stereocenters. The molecule has 0 saturated heterocycles. The summed E-state index contributed by atoms with van der Waals surface area (Å²) in [7, 11) is 3.69. The highest BCUT2D eigenvalue weighted by atomic mass is 16.5. The Morgan fingerprint density at radius 3 is 2.68 bits per heavy atom. The van der Waals surface area contributed by atoms with Gasteiger partial charge in [0.1, 0.15) is 6.10 Å². The smallest absolute Gasteiger partial charge is 0.231 e. The van der Waals surface area contributed by atoms with E-state index in [4.69, 9.17) is 9.26 Å². The minimum absolute atomic E-state index is 0.0476. The highest BCUT2D eigenvalue weighted by Gasteiger charge is 2.35. The van der Waals surface area contributed by atoms with E-state index >= 15 is 0 Å². The maximum atomic E-state index is 5.53. The molecular weight excluding hydrogens is 242 g/mol. The van der Waals surface area contributed by atoms with Crippen molar-refractivity contribution in [2.45, 2.75) is 58.1 Å². The fourth-order valence-corrected chi connectivity index (χ4v) is 2.95. The average Bonchev–Trinajstić information content (AvgIpc) is 2.94. The minimum atomic E-state index is -0.139. The number of ether oxygens (including phenoxy) is 1. The number of likely N-dealkylation sites (N-methyl/N-ethyl adjacent to an activating group) is 1. The van der Waals surface area contributed by atoms with Gasteiger partial charge in [-0.3, -0.25) is 0 Å². The highest BCUT2D eigenvalue weighted by Crippen LogP contribution is 2.37. The second-order valence-electron chi connectivity index (χ2n) is 6.41. The topological polar surface area (TPSA) is 60.2 Å². The Hall–Kier alpha value is -0.940. The normalized spacial score (nSPS) is 25.7. The number of rotatable bonds is 4. The second kappa shape index (κ2) is 5.59. The first kappa shape index (κ1) is 14.5. The summed E-state index contributed by atoms with van der Waals surface area (Å²) in [5.74, 6) is 1.74. The molecule has 0 spiro atoms. The van der Waals surface area contributed by atoms with Gasteiger partial charge in [0.15, 0.2) is 0 Å². The van der Waals surface area contributed by atoms with E-state index in [1.54, 1.807) is 7.11 Å². The minimum Gasteiger partial charge on any atom is -0.373 e. The van der Waals surface area contributed by atoms with Gasteiger partial charge < -0.3 is 14.6 Å². The van der Waals surface area contributed by atoms with Gasteiger partial charge in [-0.2, -0.15) is 4.98 Å². The molecule has 1 aliphatic rings. The zero-order valence-electron chi connectivity index (χ0n) is 12.6. The van der Waals surface area contributed by atoms with Crippen LogP contribution in [0.1, 0.15) is 63.8 Å². The van der Waals surface area contributed by atoms with Crippen molar-refractivity contribution >= 4 is 0 Å². The van der Waals surface area contributed by atoms with E-state index in [0.29, 0.717) is 17.8 Å². The number of hydrogen-bond donors (Lipinski definition) is 1. The first-order chi connectivity index (χ1) is 8.97. The molecule has 0 aromatic carbocycles. The zero-order valence-corrected chi connectivity index (χ0v) is 12.6. The Kier molecular flexibility index (Phi) is 4.26. The Morgan fingerprint density at radius 2 is 2.11 bits per heavy atom. The molecule has 1 aliphatic carbocycles. The number of nitrogens with zero attached hydrogens (tertiary/aromatic N) is 2. The van der Waals surface area contributed by atoms with Crippen LogP contribution in [0.25, 0.3) is 0 Å². The van der Waals surface area contributed by atoms with Gasteiger partial charge in [0.05, 0.1) is 5.92 Å². The van der Waals surface area contributed by atoms with E-state index < -0.39 is 0 Å². The standard InChI is InChI=1S/C14H25N3O2/c1-14(2,3)11(18-5)12-16-13(19-17-12)9-7-6-8-10(9)15-4/h9-11,15H,6-8H2,1-5H3. The lowest BCUT2D eigenvalue weighted by Gasteiger charge is -2.26. The molecule has 5 nitrogen and oxygen atoms in total. The third-order valence-corrected chi connectivity index (χ3v) is 3.92. The first-order valence-corrected chi connectivity index (χ1v) is 7.01. The van der Waals surface area contributed by atoms with Crippen molar-refractivity contribution in [1.82, 2.24) is 15.5 Å². The summed E-state index contributed by atoms with van der Waals surface area (Å²) in [5, 5.41) is 7.46. The lowest BCUT2D eigenvalue weighted by molar-refractivity contribution is 0.00718. The summed E-state index contributed by atoms with van der Waals surface area (Å²) < 4.78 is 11.0. The van der Waals surface area contributed by atoms with Crippen molar-refractivity contribution in [1.29, 1.82) is 0 Å². The maximum absolute atomic E-state index is 5.53. The monoisotopic (exact) mass is 267 g/mol. The molecule has 2 rings (SSSR count).